The van der Waals surface area contributed by atoms with Crippen molar-refractivity contribution in [3.8, 4) is 6.07 Å². The van der Waals surface area contributed by atoms with E-state index in [0.29, 0.717) is 19.3 Å². The van der Waals surface area contributed by atoms with Gasteiger partial charge in [-0.05, 0) is 84.5 Å². The number of rotatable bonds is 9. The zero-order valence-corrected chi connectivity index (χ0v) is 25.7. The molecular weight excluding hydrogens is 539 g/mol. The molecule has 3 amide bonds. The third kappa shape index (κ3) is 7.53. The van der Waals surface area contributed by atoms with Crippen LogP contribution in [0, 0.1) is 28.6 Å². The molecule has 6 atom stereocenters. The van der Waals surface area contributed by atoms with Gasteiger partial charge in [0.05, 0.1) is 17.8 Å². The Hall–Kier alpha value is -2.39. The summed E-state index contributed by atoms with van der Waals surface area (Å²) in [6.07, 6.45) is -3.69. The molecule has 6 unspecified atom stereocenters. The van der Waals surface area contributed by atoms with Crippen LogP contribution in [0.3, 0.4) is 0 Å². The second kappa shape index (κ2) is 11.0. The highest BCUT2D eigenvalue weighted by Crippen LogP contribution is 2.43. The van der Waals surface area contributed by atoms with Gasteiger partial charge in [0, 0.05) is 17.6 Å². The molecule has 3 N–H and O–H groups in total. The van der Waals surface area contributed by atoms with Crippen LogP contribution in [-0.4, -0.2) is 76.3 Å². The van der Waals surface area contributed by atoms with E-state index in [-0.39, 0.29) is 29.5 Å². The fourth-order valence-electron chi connectivity index (χ4n) is 6.51. The normalized spacial score (nSPS) is 29.6. The van der Waals surface area contributed by atoms with Crippen LogP contribution in [0.15, 0.2) is 0 Å². The summed E-state index contributed by atoms with van der Waals surface area (Å²) in [4.78, 5) is 40.8. The summed E-state index contributed by atoms with van der Waals surface area (Å²) in [5.74, 6) is -3.91. The maximum absolute atomic E-state index is 13.9. The van der Waals surface area contributed by atoms with Crippen molar-refractivity contribution in [1.29, 1.82) is 5.26 Å². The summed E-state index contributed by atoms with van der Waals surface area (Å²) in [7, 11) is 0. The van der Waals surface area contributed by atoms with Crippen molar-refractivity contribution < 1.29 is 32.3 Å². The molecule has 2 heterocycles. The number of halogens is 3. The van der Waals surface area contributed by atoms with Crippen molar-refractivity contribution in [3.63, 3.8) is 0 Å². The molecule has 1 aliphatic carbocycles. The average molecular weight is 586 g/mol. The number of amides is 3. The second-order valence-corrected chi connectivity index (χ2v) is 14.5. The van der Waals surface area contributed by atoms with Crippen LogP contribution < -0.4 is 16.0 Å². The first kappa shape index (κ1) is 33.1. The van der Waals surface area contributed by atoms with Gasteiger partial charge in [0.15, 0.2) is 0 Å². The van der Waals surface area contributed by atoms with Crippen LogP contribution in [0.1, 0.15) is 88.0 Å². The number of carbonyl (C=O) groups excluding carboxylic acids is 3. The van der Waals surface area contributed by atoms with Crippen molar-refractivity contribution in [3.05, 3.63) is 0 Å². The van der Waals surface area contributed by atoms with Crippen molar-refractivity contribution in [1.82, 2.24) is 20.9 Å². The van der Waals surface area contributed by atoms with Gasteiger partial charge < -0.3 is 25.6 Å². The van der Waals surface area contributed by atoms with Gasteiger partial charge in [-0.3, -0.25) is 14.4 Å². The lowest BCUT2D eigenvalue weighted by molar-refractivity contribution is -0.177. The SMILES string of the molecule is CC(OC1(C)CC1)C(NC(=O)C(F)(F)F)C(=O)N1CC(C)(C)C(C)C1C(=O)NC(C#N)CC1CC(C)(C)NC1(C)C. The molecule has 1 saturated carbocycles. The van der Waals surface area contributed by atoms with E-state index in [0.717, 1.165) is 6.42 Å². The molecule has 2 saturated heterocycles. The summed E-state index contributed by atoms with van der Waals surface area (Å²) in [6, 6.07) is -1.35. The molecule has 232 valence electrons. The Morgan fingerprint density at radius 2 is 1.68 bits per heavy atom. The highest BCUT2D eigenvalue weighted by atomic mass is 19.4. The molecule has 3 fully saturated rings. The Kier molecular flexibility index (Phi) is 8.91. The monoisotopic (exact) mass is 585 g/mol. The van der Waals surface area contributed by atoms with E-state index in [9.17, 15) is 32.8 Å². The number of likely N-dealkylation sites (tertiary alicyclic amines) is 1. The van der Waals surface area contributed by atoms with Gasteiger partial charge in [-0.2, -0.15) is 18.4 Å². The minimum atomic E-state index is -5.20. The predicted molar refractivity (Wildman–Crippen MR) is 146 cm³/mol. The molecule has 0 spiro atoms. The van der Waals surface area contributed by atoms with Crippen molar-refractivity contribution in [2.75, 3.05) is 6.54 Å². The van der Waals surface area contributed by atoms with Crippen LogP contribution >= 0.6 is 0 Å². The lowest BCUT2D eigenvalue weighted by atomic mass is 9.79. The molecule has 0 aromatic carbocycles. The summed E-state index contributed by atoms with van der Waals surface area (Å²) in [5.41, 5.74) is -1.52. The number of ether oxygens (including phenoxy) is 1. The van der Waals surface area contributed by atoms with Crippen molar-refractivity contribution in [2.24, 2.45) is 17.3 Å². The summed E-state index contributed by atoms with van der Waals surface area (Å²) < 4.78 is 45.6. The minimum absolute atomic E-state index is 0.0818. The molecule has 9 nitrogen and oxygen atoms in total. The van der Waals surface area contributed by atoms with Gasteiger partial charge in [0.2, 0.25) is 11.8 Å². The third-order valence-electron chi connectivity index (χ3n) is 9.31. The van der Waals surface area contributed by atoms with Crippen molar-refractivity contribution in [2.45, 2.75) is 135 Å². The van der Waals surface area contributed by atoms with Crippen LogP contribution in [-0.2, 0) is 19.1 Å². The number of nitriles is 1. The zero-order chi connectivity index (χ0) is 31.3. The fraction of sp³-hybridized carbons (Fsp3) is 0.862. The minimum Gasteiger partial charge on any atom is -0.370 e. The maximum Gasteiger partial charge on any atom is 0.471 e. The molecule has 3 aliphatic rings. The number of hydrogen-bond donors (Lipinski definition) is 3. The molecule has 0 aromatic rings. The molecule has 41 heavy (non-hydrogen) atoms. The van der Waals surface area contributed by atoms with Crippen LogP contribution in [0.25, 0.3) is 0 Å². The van der Waals surface area contributed by atoms with E-state index in [4.69, 9.17) is 4.74 Å². The van der Waals surface area contributed by atoms with E-state index < -0.39 is 59.1 Å². The van der Waals surface area contributed by atoms with Crippen LogP contribution in [0.5, 0.6) is 0 Å². The van der Waals surface area contributed by atoms with Crippen LogP contribution in [0.2, 0.25) is 0 Å². The van der Waals surface area contributed by atoms with Gasteiger partial charge >= 0.3 is 12.1 Å². The average Bonchev–Trinajstić information content (AvgIpc) is 3.41. The first-order valence-corrected chi connectivity index (χ1v) is 14.4. The van der Waals surface area contributed by atoms with Crippen molar-refractivity contribution >= 4 is 17.7 Å². The lowest BCUT2D eigenvalue weighted by Gasteiger charge is -2.34. The van der Waals surface area contributed by atoms with Gasteiger partial charge in [-0.15, -0.1) is 0 Å². The number of alkyl halides is 3. The summed E-state index contributed by atoms with van der Waals surface area (Å²) in [6.45, 7) is 17.2. The standard InChI is InChI=1S/C29H46F3N5O4/c1-16-21(22(38)34-19(14-33)12-18-13-26(5,6)36-27(18,7)8)37(15-25(16,3)4)23(39)20(35-24(40)29(30,31)32)17(2)41-28(9)10-11-28/h16-21,36H,10-13,15H2,1-9H3,(H,34,38)(H,35,40). The molecular formula is C29H46F3N5O4. The second-order valence-electron chi connectivity index (χ2n) is 14.5. The first-order valence-electron chi connectivity index (χ1n) is 14.4. The molecule has 0 aromatic heterocycles. The summed E-state index contributed by atoms with van der Waals surface area (Å²) >= 11 is 0. The molecule has 0 radical (unpaired) electrons. The Morgan fingerprint density at radius 3 is 2.15 bits per heavy atom. The fourth-order valence-corrected chi connectivity index (χ4v) is 6.51. The number of carbonyl (C=O) groups is 3. The number of nitrogens with zero attached hydrogens (tertiary/aromatic N) is 2. The largest absolute Gasteiger partial charge is 0.471 e. The molecule has 3 rings (SSSR count). The Balaban J connectivity index is 1.84. The highest BCUT2D eigenvalue weighted by molar-refractivity contribution is 5.94. The van der Waals surface area contributed by atoms with Gasteiger partial charge in [0.25, 0.3) is 0 Å². The first-order chi connectivity index (χ1) is 18.5. The van der Waals surface area contributed by atoms with Gasteiger partial charge in [0.1, 0.15) is 18.1 Å². The van der Waals surface area contributed by atoms with E-state index in [2.05, 4.69) is 44.4 Å². The Bertz CT molecular complexity index is 1080. The van der Waals surface area contributed by atoms with E-state index in [1.165, 1.54) is 11.8 Å². The van der Waals surface area contributed by atoms with E-state index in [1.54, 1.807) is 13.8 Å². The summed E-state index contributed by atoms with van der Waals surface area (Å²) in [5, 5.41) is 18.1. The smallest absolute Gasteiger partial charge is 0.370 e. The molecule has 12 heteroatoms. The predicted octanol–water partition coefficient (Wildman–Crippen LogP) is 3.43. The zero-order valence-electron chi connectivity index (χ0n) is 25.7. The third-order valence-corrected chi connectivity index (χ3v) is 9.31. The topological polar surface area (TPSA) is 124 Å². The number of nitrogens with one attached hydrogen (secondary N) is 3. The Morgan fingerprint density at radius 1 is 1.10 bits per heavy atom. The highest BCUT2D eigenvalue weighted by Gasteiger charge is 2.54. The van der Waals surface area contributed by atoms with Gasteiger partial charge in [-0.25, -0.2) is 0 Å². The van der Waals surface area contributed by atoms with E-state index in [1.807, 2.05) is 19.2 Å². The van der Waals surface area contributed by atoms with E-state index >= 15 is 0 Å². The Labute approximate surface area is 241 Å². The van der Waals surface area contributed by atoms with Gasteiger partial charge in [-0.1, -0.05) is 20.8 Å². The maximum atomic E-state index is 13.9. The molecule has 0 bridgehead atoms. The lowest BCUT2D eigenvalue weighted by Crippen LogP contribution is -2.60. The quantitative estimate of drug-likeness (QED) is 0.381. The van der Waals surface area contributed by atoms with Crippen LogP contribution in [0.4, 0.5) is 13.2 Å². The number of hydrogen-bond acceptors (Lipinski definition) is 6. The molecule has 2 aliphatic heterocycles.